The number of likely N-dealkylation sites (tertiary alicyclic amines) is 1. The fraction of sp³-hybridized carbons (Fsp3) is 0.611. The van der Waals surface area contributed by atoms with Gasteiger partial charge in [-0.3, -0.25) is 0 Å². The van der Waals surface area contributed by atoms with Crippen molar-refractivity contribution in [3.63, 3.8) is 0 Å². The van der Waals surface area contributed by atoms with Crippen LogP contribution in [0.25, 0.3) is 0 Å². The first-order valence-corrected chi connectivity index (χ1v) is 11.0. The van der Waals surface area contributed by atoms with Crippen LogP contribution < -0.4 is 4.72 Å². The van der Waals surface area contributed by atoms with Gasteiger partial charge in [-0.1, -0.05) is 18.2 Å². The fourth-order valence-electron chi connectivity index (χ4n) is 3.75. The number of hydrogen-bond donors (Lipinski definition) is 1. The lowest BCUT2D eigenvalue weighted by atomic mass is 9.88. The number of benzene rings is 1. The summed E-state index contributed by atoms with van der Waals surface area (Å²) in [5.41, 5.74) is -0.839. The van der Waals surface area contributed by atoms with Crippen LogP contribution in [0.3, 0.4) is 0 Å². The molecule has 2 aliphatic rings. The summed E-state index contributed by atoms with van der Waals surface area (Å²) >= 11 is 0. The van der Waals surface area contributed by atoms with Crippen LogP contribution in [-0.2, 0) is 19.5 Å². The van der Waals surface area contributed by atoms with E-state index in [1.54, 1.807) is 18.2 Å². The summed E-state index contributed by atoms with van der Waals surface area (Å²) < 4.78 is 112. The summed E-state index contributed by atoms with van der Waals surface area (Å²) in [7, 11) is -3.79. The van der Waals surface area contributed by atoms with Crippen LogP contribution in [0.1, 0.15) is 19.3 Å². The first-order chi connectivity index (χ1) is 14.7. The summed E-state index contributed by atoms with van der Waals surface area (Å²) in [6.07, 6.45) is -17.1. The van der Waals surface area contributed by atoms with E-state index in [9.17, 15) is 39.6 Å². The van der Waals surface area contributed by atoms with Gasteiger partial charge in [-0.05, 0) is 31.4 Å². The van der Waals surface area contributed by atoms with Crippen molar-refractivity contribution < 1.29 is 49.0 Å². The molecule has 1 aromatic carbocycles. The number of amides is 1. The van der Waals surface area contributed by atoms with Crippen LogP contribution >= 0.6 is 0 Å². The number of carbonyl (C=O) groups is 1. The summed E-state index contributed by atoms with van der Waals surface area (Å²) in [5.74, 6) is 0. The molecule has 7 nitrogen and oxygen atoms in total. The van der Waals surface area contributed by atoms with Crippen molar-refractivity contribution in [3.05, 3.63) is 30.3 Å². The maximum atomic E-state index is 12.6. The van der Waals surface area contributed by atoms with Crippen LogP contribution in [0.2, 0.25) is 0 Å². The average Bonchev–Trinajstić information content (AvgIpc) is 3.06. The molecule has 2 aliphatic heterocycles. The predicted octanol–water partition coefficient (Wildman–Crippen LogP) is 3.22. The molecule has 0 saturated carbocycles. The number of carbonyl (C=O) groups excluding carboxylic acids is 1. The molecule has 1 atom stereocenters. The van der Waals surface area contributed by atoms with E-state index >= 15 is 0 Å². The molecule has 0 bridgehead atoms. The Labute approximate surface area is 179 Å². The number of ether oxygens (including phenoxy) is 2. The zero-order valence-corrected chi connectivity index (χ0v) is 17.3. The molecule has 1 aromatic rings. The molecule has 2 heterocycles. The highest BCUT2D eigenvalue weighted by atomic mass is 32.2. The van der Waals surface area contributed by atoms with E-state index in [-0.39, 0.29) is 43.9 Å². The van der Waals surface area contributed by atoms with Gasteiger partial charge in [0.25, 0.3) is 6.10 Å². The number of piperidine rings is 1. The molecule has 2 fully saturated rings. The number of alkyl halides is 6. The van der Waals surface area contributed by atoms with Gasteiger partial charge in [-0.25, -0.2) is 17.9 Å². The van der Waals surface area contributed by atoms with Crippen LogP contribution in [0.4, 0.5) is 31.1 Å². The van der Waals surface area contributed by atoms with Gasteiger partial charge < -0.3 is 14.4 Å². The first kappa shape index (κ1) is 24.6. The van der Waals surface area contributed by atoms with Crippen molar-refractivity contribution in [2.45, 2.75) is 54.3 Å². The van der Waals surface area contributed by atoms with Gasteiger partial charge in [0.15, 0.2) is 0 Å². The molecule has 3 rings (SSSR count). The number of nitrogens with zero attached hydrogens (tertiary/aromatic N) is 1. The molecular weight excluding hydrogens is 470 g/mol. The van der Waals surface area contributed by atoms with E-state index in [1.165, 1.54) is 12.1 Å². The molecule has 180 valence electrons. The molecule has 0 unspecified atom stereocenters. The van der Waals surface area contributed by atoms with Crippen LogP contribution in [0.15, 0.2) is 35.2 Å². The minimum atomic E-state index is -5.79. The van der Waals surface area contributed by atoms with Crippen molar-refractivity contribution in [3.8, 4) is 0 Å². The monoisotopic (exact) mass is 490 g/mol. The molecule has 0 aromatic heterocycles. The smallest absolute Gasteiger partial charge is 0.426 e. The Kier molecular flexibility index (Phi) is 6.69. The number of halogens is 6. The van der Waals surface area contributed by atoms with Crippen molar-refractivity contribution in [1.82, 2.24) is 9.62 Å². The predicted molar refractivity (Wildman–Crippen MR) is 97.0 cm³/mol. The largest absolute Gasteiger partial charge is 0.434 e. The van der Waals surface area contributed by atoms with Gasteiger partial charge >= 0.3 is 18.4 Å². The number of rotatable bonds is 4. The van der Waals surface area contributed by atoms with Crippen LogP contribution in [-0.4, -0.2) is 69.2 Å². The Balaban J connectivity index is 1.56. The van der Waals surface area contributed by atoms with Gasteiger partial charge in [0, 0.05) is 19.1 Å². The second-order valence-corrected chi connectivity index (χ2v) is 9.38. The van der Waals surface area contributed by atoms with Crippen molar-refractivity contribution in [1.29, 1.82) is 0 Å². The van der Waals surface area contributed by atoms with Crippen LogP contribution in [0, 0.1) is 0 Å². The zero-order valence-electron chi connectivity index (χ0n) is 16.4. The highest BCUT2D eigenvalue weighted by molar-refractivity contribution is 7.89. The third kappa shape index (κ3) is 5.64. The normalized spacial score (nSPS) is 21.8. The summed E-state index contributed by atoms with van der Waals surface area (Å²) in [6, 6.07) is 7.08. The van der Waals surface area contributed by atoms with Crippen molar-refractivity contribution in [2.24, 2.45) is 0 Å². The lowest BCUT2D eigenvalue weighted by molar-refractivity contribution is -0.308. The highest BCUT2D eigenvalue weighted by Gasteiger charge is 2.60. The molecular formula is C18H20F6N2O5S. The van der Waals surface area contributed by atoms with Gasteiger partial charge in [-0.15, -0.1) is 0 Å². The lowest BCUT2D eigenvalue weighted by Gasteiger charge is -2.38. The van der Waals surface area contributed by atoms with E-state index in [2.05, 4.69) is 9.46 Å². The third-order valence-corrected chi connectivity index (χ3v) is 6.87. The van der Waals surface area contributed by atoms with Gasteiger partial charge in [0.05, 0.1) is 17.1 Å². The lowest BCUT2D eigenvalue weighted by Crippen LogP contribution is -2.51. The molecule has 1 N–H and O–H groups in total. The van der Waals surface area contributed by atoms with Crippen molar-refractivity contribution >= 4 is 16.1 Å². The zero-order chi connectivity index (χ0) is 23.8. The molecule has 0 radical (unpaired) electrons. The Morgan fingerprint density at radius 3 is 2.19 bits per heavy atom. The standard InChI is InChI=1S/C18H20F6N2O5S/c19-17(20,21)14(18(22,23)24)31-15(27)26-8-6-16(7-9-26)10-12(11-30-16)25-32(28,29)13-4-2-1-3-5-13/h1-5,12,14,25H,6-11H2/t12-/m1/s1. The van der Waals surface area contributed by atoms with Crippen LogP contribution in [0.5, 0.6) is 0 Å². The third-order valence-electron chi connectivity index (χ3n) is 5.33. The van der Waals surface area contributed by atoms with Gasteiger partial charge in [0.2, 0.25) is 10.0 Å². The minimum absolute atomic E-state index is 0.0424. The van der Waals surface area contributed by atoms with E-state index in [0.29, 0.717) is 0 Å². The van der Waals surface area contributed by atoms with Gasteiger partial charge in [0.1, 0.15) is 0 Å². The first-order valence-electron chi connectivity index (χ1n) is 9.52. The number of nitrogens with one attached hydrogen (secondary N) is 1. The summed E-state index contributed by atoms with van der Waals surface area (Å²) in [6.45, 7) is -0.348. The molecule has 14 heteroatoms. The highest BCUT2D eigenvalue weighted by Crippen LogP contribution is 2.38. The summed E-state index contributed by atoms with van der Waals surface area (Å²) in [4.78, 5) is 12.7. The van der Waals surface area contributed by atoms with E-state index in [1.807, 2.05) is 0 Å². The van der Waals surface area contributed by atoms with Gasteiger partial charge in [-0.2, -0.15) is 26.3 Å². The van der Waals surface area contributed by atoms with E-state index in [0.717, 1.165) is 4.90 Å². The molecule has 2 saturated heterocycles. The number of hydrogen-bond acceptors (Lipinski definition) is 5. The maximum absolute atomic E-state index is 12.6. The Hall–Kier alpha value is -2.06. The van der Waals surface area contributed by atoms with E-state index < -0.39 is 46.2 Å². The Bertz CT molecular complexity index is 900. The fourth-order valence-corrected chi connectivity index (χ4v) is 4.99. The second kappa shape index (κ2) is 8.71. The Morgan fingerprint density at radius 1 is 1.09 bits per heavy atom. The number of sulfonamides is 1. The second-order valence-electron chi connectivity index (χ2n) is 7.66. The molecule has 0 aliphatic carbocycles. The molecule has 1 amide bonds. The van der Waals surface area contributed by atoms with E-state index in [4.69, 9.17) is 4.74 Å². The SMILES string of the molecule is O=C(OC(C(F)(F)F)C(F)(F)F)N1CCC2(CC1)C[C@@H](NS(=O)(=O)c1ccccc1)CO2. The maximum Gasteiger partial charge on any atom is 0.434 e. The van der Waals surface area contributed by atoms with Crippen molar-refractivity contribution in [2.75, 3.05) is 19.7 Å². The minimum Gasteiger partial charge on any atom is -0.426 e. The summed E-state index contributed by atoms with van der Waals surface area (Å²) in [5, 5.41) is 0. The molecule has 1 spiro atoms. The molecule has 32 heavy (non-hydrogen) atoms. The average molecular weight is 490 g/mol. The Morgan fingerprint density at radius 2 is 1.66 bits per heavy atom. The topological polar surface area (TPSA) is 84.9 Å². The quantitative estimate of drug-likeness (QED) is 0.656.